The summed E-state index contributed by atoms with van der Waals surface area (Å²) in [4.78, 5) is 30.9. The molecule has 31 heavy (non-hydrogen) atoms. The molecule has 0 radical (unpaired) electrons. The van der Waals surface area contributed by atoms with E-state index in [9.17, 15) is 4.79 Å². The Labute approximate surface area is 185 Å². The van der Waals surface area contributed by atoms with Crippen molar-refractivity contribution in [2.24, 2.45) is 0 Å². The summed E-state index contributed by atoms with van der Waals surface area (Å²) >= 11 is 1.37. The van der Waals surface area contributed by atoms with Crippen molar-refractivity contribution in [1.29, 1.82) is 0 Å². The zero-order valence-corrected chi connectivity index (χ0v) is 18.8. The molecule has 1 fully saturated rings. The van der Waals surface area contributed by atoms with E-state index in [1.165, 1.54) is 11.3 Å². The molecule has 8 nitrogen and oxygen atoms in total. The van der Waals surface area contributed by atoms with Gasteiger partial charge in [-0.05, 0) is 24.6 Å². The molecule has 1 aliphatic rings. The van der Waals surface area contributed by atoms with Crippen LogP contribution in [0.3, 0.4) is 0 Å². The summed E-state index contributed by atoms with van der Waals surface area (Å²) < 4.78 is 11.4. The first-order chi connectivity index (χ1) is 15.0. The Bertz CT molecular complexity index is 1070. The molecule has 0 N–H and O–H groups in total. The molecular weight excluding hydrogens is 414 g/mol. The lowest BCUT2D eigenvalue weighted by molar-refractivity contribution is -0.0243. The SMILES string of the molecule is COc1ccc(-c2cnc(N(C)C)nc2C2CN(C(=O)c3scnc3C)CCO2)cc1. The fourth-order valence-electron chi connectivity index (χ4n) is 3.49. The standard InChI is InChI=1S/C22H25N5O3S/c1-14-20(31-13-24-14)21(28)27-9-10-30-18(12-27)19-17(11-23-22(25-19)26(2)3)15-5-7-16(29-4)8-6-15/h5-8,11,13,18H,9-10,12H2,1-4H3. The number of benzene rings is 1. The first kappa shape index (κ1) is 21.2. The van der Waals surface area contributed by atoms with Crippen LogP contribution in [0.15, 0.2) is 36.0 Å². The Morgan fingerprint density at radius 3 is 2.68 bits per heavy atom. The molecule has 9 heteroatoms. The minimum absolute atomic E-state index is 0.0128. The lowest BCUT2D eigenvalue weighted by atomic mass is 10.0. The van der Waals surface area contributed by atoms with E-state index in [2.05, 4.69) is 9.97 Å². The number of aromatic nitrogens is 3. The topological polar surface area (TPSA) is 80.7 Å². The summed E-state index contributed by atoms with van der Waals surface area (Å²) in [7, 11) is 5.44. The second kappa shape index (κ2) is 8.99. The second-order valence-corrected chi connectivity index (χ2v) is 8.32. The average molecular weight is 440 g/mol. The molecule has 4 rings (SSSR count). The zero-order chi connectivity index (χ0) is 22.0. The van der Waals surface area contributed by atoms with Gasteiger partial charge in [-0.1, -0.05) is 12.1 Å². The molecule has 0 saturated carbocycles. The minimum Gasteiger partial charge on any atom is -0.497 e. The van der Waals surface area contributed by atoms with Gasteiger partial charge >= 0.3 is 0 Å². The van der Waals surface area contributed by atoms with Crippen LogP contribution in [0.1, 0.15) is 27.2 Å². The molecule has 162 valence electrons. The largest absolute Gasteiger partial charge is 0.497 e. The van der Waals surface area contributed by atoms with Crippen LogP contribution in [0.2, 0.25) is 0 Å². The number of aryl methyl sites for hydroxylation is 1. The number of nitrogens with zero attached hydrogens (tertiary/aromatic N) is 5. The van der Waals surface area contributed by atoms with E-state index in [1.54, 1.807) is 12.6 Å². The fraction of sp³-hybridized carbons (Fsp3) is 0.364. The molecular formula is C22H25N5O3S. The van der Waals surface area contributed by atoms with E-state index < -0.39 is 0 Å². The van der Waals surface area contributed by atoms with E-state index in [1.807, 2.05) is 61.3 Å². The molecule has 3 heterocycles. The van der Waals surface area contributed by atoms with Crippen molar-refractivity contribution < 1.29 is 14.3 Å². The van der Waals surface area contributed by atoms with Crippen molar-refractivity contribution in [2.75, 3.05) is 45.8 Å². The maximum atomic E-state index is 13.0. The van der Waals surface area contributed by atoms with Crippen molar-refractivity contribution in [1.82, 2.24) is 19.9 Å². The third-order valence-corrected chi connectivity index (χ3v) is 6.12. The molecule has 1 atom stereocenters. The Kier molecular flexibility index (Phi) is 6.15. The Morgan fingerprint density at radius 1 is 1.26 bits per heavy atom. The van der Waals surface area contributed by atoms with Crippen molar-refractivity contribution in [2.45, 2.75) is 13.0 Å². The van der Waals surface area contributed by atoms with Crippen LogP contribution in [0.5, 0.6) is 5.75 Å². The van der Waals surface area contributed by atoms with Gasteiger partial charge in [0.2, 0.25) is 5.95 Å². The van der Waals surface area contributed by atoms with Crippen LogP contribution >= 0.6 is 11.3 Å². The van der Waals surface area contributed by atoms with Crippen molar-refractivity contribution in [3.8, 4) is 16.9 Å². The molecule has 3 aromatic rings. The van der Waals surface area contributed by atoms with Crippen molar-refractivity contribution in [3.63, 3.8) is 0 Å². The third-order valence-electron chi connectivity index (χ3n) is 5.20. The van der Waals surface area contributed by atoms with E-state index in [0.29, 0.717) is 30.5 Å². The van der Waals surface area contributed by atoms with Crippen molar-refractivity contribution >= 4 is 23.2 Å². The number of hydrogen-bond acceptors (Lipinski definition) is 8. The Balaban J connectivity index is 1.68. The maximum absolute atomic E-state index is 13.0. The minimum atomic E-state index is -0.357. The highest BCUT2D eigenvalue weighted by molar-refractivity contribution is 7.11. The first-order valence-corrected chi connectivity index (χ1v) is 10.9. The quantitative estimate of drug-likeness (QED) is 0.604. The fourth-order valence-corrected chi connectivity index (χ4v) is 4.26. The number of ether oxygens (including phenoxy) is 2. The van der Waals surface area contributed by atoms with Crippen LogP contribution in [0.25, 0.3) is 11.1 Å². The zero-order valence-electron chi connectivity index (χ0n) is 18.0. The van der Waals surface area contributed by atoms with Gasteiger partial charge < -0.3 is 19.3 Å². The van der Waals surface area contributed by atoms with Gasteiger partial charge in [-0.2, -0.15) is 0 Å². The Morgan fingerprint density at radius 2 is 2.03 bits per heavy atom. The smallest absolute Gasteiger partial charge is 0.266 e. The van der Waals surface area contributed by atoms with Gasteiger partial charge in [0.1, 0.15) is 16.7 Å². The van der Waals surface area contributed by atoms with Crippen LogP contribution in [-0.4, -0.2) is 66.7 Å². The Hall–Kier alpha value is -3.04. The highest BCUT2D eigenvalue weighted by Crippen LogP contribution is 2.33. The van der Waals surface area contributed by atoms with Gasteiger partial charge in [0.15, 0.2) is 0 Å². The van der Waals surface area contributed by atoms with E-state index in [-0.39, 0.29) is 12.0 Å². The van der Waals surface area contributed by atoms with Gasteiger partial charge in [0.25, 0.3) is 5.91 Å². The number of amides is 1. The van der Waals surface area contributed by atoms with Crippen molar-refractivity contribution in [3.05, 3.63) is 52.2 Å². The summed E-state index contributed by atoms with van der Waals surface area (Å²) in [5, 5.41) is 0. The van der Waals surface area contributed by atoms with Crippen LogP contribution in [-0.2, 0) is 4.74 Å². The first-order valence-electron chi connectivity index (χ1n) is 9.97. The summed E-state index contributed by atoms with van der Waals surface area (Å²) in [6.07, 6.45) is 1.46. The van der Waals surface area contributed by atoms with E-state index >= 15 is 0 Å². The van der Waals surface area contributed by atoms with Gasteiger partial charge in [0, 0.05) is 32.4 Å². The average Bonchev–Trinajstić information content (AvgIpc) is 3.24. The maximum Gasteiger partial charge on any atom is 0.266 e. The molecule has 1 amide bonds. The second-order valence-electron chi connectivity index (χ2n) is 7.47. The highest BCUT2D eigenvalue weighted by atomic mass is 32.1. The van der Waals surface area contributed by atoms with Gasteiger partial charge in [-0.3, -0.25) is 4.79 Å². The van der Waals surface area contributed by atoms with Gasteiger partial charge in [-0.25, -0.2) is 15.0 Å². The van der Waals surface area contributed by atoms with Gasteiger partial charge in [0.05, 0.1) is 37.2 Å². The normalized spacial score (nSPS) is 16.3. The summed E-state index contributed by atoms with van der Waals surface area (Å²) in [6, 6.07) is 7.76. The molecule has 0 aliphatic carbocycles. The van der Waals surface area contributed by atoms with Crippen LogP contribution in [0, 0.1) is 6.92 Å². The number of carbonyl (C=O) groups is 1. The molecule has 2 aromatic heterocycles. The monoisotopic (exact) mass is 439 g/mol. The van der Waals surface area contributed by atoms with E-state index in [0.717, 1.165) is 28.3 Å². The van der Waals surface area contributed by atoms with Gasteiger partial charge in [-0.15, -0.1) is 11.3 Å². The summed E-state index contributed by atoms with van der Waals surface area (Å²) in [5.41, 5.74) is 5.07. The molecule has 1 aromatic carbocycles. The number of carbonyl (C=O) groups excluding carboxylic acids is 1. The summed E-state index contributed by atoms with van der Waals surface area (Å²) in [6.45, 7) is 3.26. The molecule has 1 aliphatic heterocycles. The number of anilines is 1. The highest BCUT2D eigenvalue weighted by Gasteiger charge is 2.30. The molecule has 0 bridgehead atoms. The number of rotatable bonds is 5. The molecule has 1 unspecified atom stereocenters. The van der Waals surface area contributed by atoms with Crippen LogP contribution in [0.4, 0.5) is 5.95 Å². The number of thiazole rings is 1. The number of morpholine rings is 1. The predicted molar refractivity (Wildman–Crippen MR) is 120 cm³/mol. The predicted octanol–water partition coefficient (Wildman–Crippen LogP) is 3.20. The molecule has 0 spiro atoms. The lowest BCUT2D eigenvalue weighted by Crippen LogP contribution is -2.42. The molecule has 1 saturated heterocycles. The van der Waals surface area contributed by atoms with Crippen LogP contribution < -0.4 is 9.64 Å². The van der Waals surface area contributed by atoms with E-state index in [4.69, 9.17) is 14.5 Å². The third kappa shape index (κ3) is 4.38. The summed E-state index contributed by atoms with van der Waals surface area (Å²) in [5.74, 6) is 1.36. The number of hydrogen-bond donors (Lipinski definition) is 0. The number of methoxy groups -OCH3 is 1. The lowest BCUT2D eigenvalue weighted by Gasteiger charge is -2.33.